The summed E-state index contributed by atoms with van der Waals surface area (Å²) in [5.74, 6) is -1.32. The molecule has 2 aromatic rings. The number of hydrogen-bond donors (Lipinski definition) is 1. The Morgan fingerprint density at radius 3 is 2.50 bits per heavy atom. The highest BCUT2D eigenvalue weighted by Gasteiger charge is 2.19. The van der Waals surface area contributed by atoms with Gasteiger partial charge in [0.25, 0.3) is 5.91 Å². The first-order valence-corrected chi connectivity index (χ1v) is 8.48. The maximum Gasteiger partial charge on any atom is 0.261 e. The fourth-order valence-corrected chi connectivity index (χ4v) is 2.76. The lowest BCUT2D eigenvalue weighted by atomic mass is 10.0. The Morgan fingerprint density at radius 2 is 1.85 bits per heavy atom. The highest BCUT2D eigenvalue weighted by Crippen LogP contribution is 2.16. The normalized spacial score (nSPS) is 15.4. The second kappa shape index (κ2) is 8.79. The highest BCUT2D eigenvalue weighted by molar-refractivity contribution is 5.88. The van der Waals surface area contributed by atoms with Crippen molar-refractivity contribution in [2.75, 3.05) is 31.2 Å². The monoisotopic (exact) mass is 348 g/mol. The number of nitrogens with one attached hydrogen (secondary N) is 1. The molecule has 1 fully saturated rings. The Morgan fingerprint density at radius 1 is 1.15 bits per heavy atom. The summed E-state index contributed by atoms with van der Waals surface area (Å²) in [5, 5.41) is 13.2. The van der Waals surface area contributed by atoms with Crippen LogP contribution in [0.5, 0.6) is 0 Å². The summed E-state index contributed by atoms with van der Waals surface area (Å²) in [7, 11) is 0. The number of morpholine rings is 1. The van der Waals surface area contributed by atoms with Gasteiger partial charge in [0.1, 0.15) is 0 Å². The van der Waals surface area contributed by atoms with Crippen LogP contribution in [0, 0.1) is 11.3 Å². The minimum Gasteiger partial charge on any atom is -0.378 e. The third kappa shape index (κ3) is 4.47. The number of carbonyl (C=O) groups is 1. The topological polar surface area (TPSA) is 77.7 Å². The lowest BCUT2D eigenvalue weighted by Gasteiger charge is -2.28. The molecule has 1 aliphatic heterocycles. The van der Waals surface area contributed by atoms with Gasteiger partial charge in [0.2, 0.25) is 0 Å². The summed E-state index contributed by atoms with van der Waals surface area (Å²) in [6, 6.07) is 18.9. The third-order valence-electron chi connectivity index (χ3n) is 4.18. The lowest BCUT2D eigenvalue weighted by Crippen LogP contribution is -2.36. The molecule has 1 N–H and O–H groups in total. The van der Waals surface area contributed by atoms with Gasteiger partial charge >= 0.3 is 0 Å². The van der Waals surface area contributed by atoms with Crippen molar-refractivity contribution in [2.45, 2.75) is 5.92 Å². The van der Waals surface area contributed by atoms with Gasteiger partial charge in [-0.05, 0) is 23.3 Å². The van der Waals surface area contributed by atoms with Crippen LogP contribution in [0.4, 0.5) is 5.69 Å². The van der Waals surface area contributed by atoms with E-state index < -0.39 is 11.8 Å². The number of carbonyl (C=O) groups excluding carboxylic acids is 1. The molecule has 0 unspecified atom stereocenters. The molecular weight excluding hydrogens is 328 g/mol. The molecule has 0 spiro atoms. The van der Waals surface area contributed by atoms with Crippen molar-refractivity contribution in [2.24, 2.45) is 5.10 Å². The van der Waals surface area contributed by atoms with Gasteiger partial charge < -0.3 is 9.64 Å². The molecule has 0 bridgehead atoms. The summed E-state index contributed by atoms with van der Waals surface area (Å²) in [5.41, 5.74) is 5.10. The van der Waals surface area contributed by atoms with E-state index in [2.05, 4.69) is 15.4 Å². The zero-order chi connectivity index (χ0) is 18.2. The quantitative estimate of drug-likeness (QED) is 0.664. The van der Waals surface area contributed by atoms with Crippen LogP contribution < -0.4 is 10.3 Å². The molecule has 1 amide bonds. The van der Waals surface area contributed by atoms with E-state index in [-0.39, 0.29) is 0 Å². The molecule has 0 aliphatic carbocycles. The second-order valence-electron chi connectivity index (χ2n) is 5.90. The van der Waals surface area contributed by atoms with Gasteiger partial charge in [-0.1, -0.05) is 42.5 Å². The van der Waals surface area contributed by atoms with Gasteiger partial charge in [-0.15, -0.1) is 0 Å². The lowest BCUT2D eigenvalue weighted by molar-refractivity contribution is -0.121. The Hall–Kier alpha value is -3.17. The average molecular weight is 348 g/mol. The first kappa shape index (κ1) is 17.6. The largest absolute Gasteiger partial charge is 0.378 e. The maximum atomic E-state index is 12.2. The summed E-state index contributed by atoms with van der Waals surface area (Å²) in [6.07, 6.45) is 1.57. The molecule has 1 saturated heterocycles. The standard InChI is InChI=1S/C20H20N4O2/c21-14-19(17-4-2-1-3-5-17)20(25)23-22-15-16-6-8-18(9-7-16)24-10-12-26-13-11-24/h1-9,15,19H,10-13H2,(H,23,25)/b22-15-/t19-/m1/s1. The molecule has 0 radical (unpaired) electrons. The molecule has 132 valence electrons. The number of hydrazone groups is 1. The predicted molar refractivity (Wildman–Crippen MR) is 100 cm³/mol. The molecule has 0 aromatic heterocycles. The first-order valence-electron chi connectivity index (χ1n) is 8.48. The highest BCUT2D eigenvalue weighted by atomic mass is 16.5. The fourth-order valence-electron chi connectivity index (χ4n) is 2.76. The number of hydrogen-bond acceptors (Lipinski definition) is 5. The van der Waals surface area contributed by atoms with E-state index in [1.807, 2.05) is 36.4 Å². The first-order chi connectivity index (χ1) is 12.8. The van der Waals surface area contributed by atoms with Crippen molar-refractivity contribution in [1.82, 2.24) is 5.43 Å². The smallest absolute Gasteiger partial charge is 0.261 e. The Kier molecular flexibility index (Phi) is 5.96. The van der Waals surface area contributed by atoms with Gasteiger partial charge in [-0.2, -0.15) is 10.4 Å². The Bertz CT molecular complexity index is 791. The minimum absolute atomic E-state index is 0.445. The number of benzene rings is 2. The Balaban J connectivity index is 1.57. The summed E-state index contributed by atoms with van der Waals surface area (Å²) in [4.78, 5) is 14.4. The zero-order valence-electron chi connectivity index (χ0n) is 14.3. The Labute approximate surface area is 152 Å². The van der Waals surface area contributed by atoms with E-state index >= 15 is 0 Å². The summed E-state index contributed by atoms with van der Waals surface area (Å²) < 4.78 is 5.35. The van der Waals surface area contributed by atoms with Gasteiger partial charge in [0, 0.05) is 18.8 Å². The molecule has 1 heterocycles. The molecule has 6 nitrogen and oxygen atoms in total. The van der Waals surface area contributed by atoms with Crippen LogP contribution in [0.3, 0.4) is 0 Å². The van der Waals surface area contributed by atoms with E-state index in [0.29, 0.717) is 5.56 Å². The molecule has 26 heavy (non-hydrogen) atoms. The van der Waals surface area contributed by atoms with E-state index in [1.54, 1.807) is 30.5 Å². The van der Waals surface area contributed by atoms with Crippen molar-refractivity contribution in [3.63, 3.8) is 0 Å². The molecule has 1 atom stereocenters. The van der Waals surface area contributed by atoms with E-state index in [0.717, 1.165) is 37.6 Å². The number of ether oxygens (including phenoxy) is 1. The van der Waals surface area contributed by atoms with Gasteiger partial charge in [-0.25, -0.2) is 5.43 Å². The van der Waals surface area contributed by atoms with Crippen LogP contribution in [0.2, 0.25) is 0 Å². The number of nitrogens with zero attached hydrogens (tertiary/aromatic N) is 3. The minimum atomic E-state index is -0.878. The van der Waals surface area contributed by atoms with Crippen LogP contribution in [-0.4, -0.2) is 38.4 Å². The SMILES string of the molecule is N#C[C@@H](C(=O)N/N=C\c1ccc(N2CCOCC2)cc1)c1ccccc1. The second-order valence-corrected chi connectivity index (χ2v) is 5.90. The number of rotatable bonds is 5. The molecule has 6 heteroatoms. The molecule has 2 aromatic carbocycles. The summed E-state index contributed by atoms with van der Waals surface area (Å²) >= 11 is 0. The van der Waals surface area contributed by atoms with Gasteiger partial charge in [0.05, 0.1) is 25.5 Å². The van der Waals surface area contributed by atoms with E-state index in [1.165, 1.54) is 0 Å². The number of anilines is 1. The molecule has 3 rings (SSSR count). The number of nitriles is 1. The molecule has 1 aliphatic rings. The van der Waals surface area contributed by atoms with Crippen LogP contribution in [0.25, 0.3) is 0 Å². The summed E-state index contributed by atoms with van der Waals surface area (Å²) in [6.45, 7) is 3.27. The maximum absolute atomic E-state index is 12.2. The van der Waals surface area contributed by atoms with Gasteiger partial charge in [0.15, 0.2) is 5.92 Å². The molecular formula is C20H20N4O2. The van der Waals surface area contributed by atoms with Crippen LogP contribution in [0.1, 0.15) is 17.0 Å². The van der Waals surface area contributed by atoms with Gasteiger partial charge in [-0.3, -0.25) is 4.79 Å². The van der Waals surface area contributed by atoms with Crippen molar-refractivity contribution in [3.8, 4) is 6.07 Å². The van der Waals surface area contributed by atoms with E-state index in [4.69, 9.17) is 4.74 Å². The predicted octanol–water partition coefficient (Wildman–Crippen LogP) is 2.28. The van der Waals surface area contributed by atoms with Crippen LogP contribution in [0.15, 0.2) is 59.7 Å². The fraction of sp³-hybridized carbons (Fsp3) is 0.250. The van der Waals surface area contributed by atoms with Crippen molar-refractivity contribution < 1.29 is 9.53 Å². The molecule has 0 saturated carbocycles. The zero-order valence-corrected chi connectivity index (χ0v) is 14.3. The van der Waals surface area contributed by atoms with Crippen molar-refractivity contribution >= 4 is 17.8 Å². The number of amides is 1. The average Bonchev–Trinajstić information content (AvgIpc) is 2.71. The van der Waals surface area contributed by atoms with Crippen LogP contribution in [-0.2, 0) is 9.53 Å². The van der Waals surface area contributed by atoms with Crippen molar-refractivity contribution in [3.05, 3.63) is 65.7 Å². The third-order valence-corrected chi connectivity index (χ3v) is 4.18. The van der Waals surface area contributed by atoms with Crippen molar-refractivity contribution in [1.29, 1.82) is 5.26 Å². The van der Waals surface area contributed by atoms with Crippen LogP contribution >= 0.6 is 0 Å². The van der Waals surface area contributed by atoms with E-state index in [9.17, 15) is 10.1 Å².